The summed E-state index contributed by atoms with van der Waals surface area (Å²) in [4.78, 5) is 47.3. The molecule has 6 aliphatic rings. The van der Waals surface area contributed by atoms with Crippen molar-refractivity contribution in [3.05, 3.63) is 111 Å². The Morgan fingerprint density at radius 1 is 0.968 bits per heavy atom. The van der Waals surface area contributed by atoms with Crippen LogP contribution in [-0.4, -0.2) is 76.9 Å². The first-order chi connectivity index (χ1) is 29.8. The molecule has 1 N–H and O–H groups in total. The molecule has 2 bridgehead atoms. The van der Waals surface area contributed by atoms with Crippen molar-refractivity contribution < 1.29 is 23.2 Å². The molecule has 12 rings (SSSR count). The van der Waals surface area contributed by atoms with Crippen LogP contribution < -0.4 is 11.4 Å². The average Bonchev–Trinajstić information content (AvgIpc) is 3.56. The Balaban J connectivity index is 1.01. The molecule has 14 nitrogen and oxygen atoms in total. The molecule has 6 heterocycles. The number of methoxy groups -OCH3 is 1. The van der Waals surface area contributed by atoms with Crippen molar-refractivity contribution in [2.45, 2.75) is 120 Å². The van der Waals surface area contributed by atoms with Crippen molar-refractivity contribution in [3.63, 3.8) is 0 Å². The van der Waals surface area contributed by atoms with Gasteiger partial charge in [-0.15, -0.1) is 0 Å². The predicted octanol–water partition coefficient (Wildman–Crippen LogP) is 7.40. The number of rotatable bonds is 9. The van der Waals surface area contributed by atoms with Gasteiger partial charge in [0.05, 0.1) is 30.5 Å². The lowest BCUT2D eigenvalue weighted by Gasteiger charge is -2.53. The maximum absolute atomic E-state index is 15.4. The van der Waals surface area contributed by atoms with Crippen molar-refractivity contribution >= 4 is 16.8 Å². The number of benzene rings is 2. The van der Waals surface area contributed by atoms with Crippen LogP contribution in [0.15, 0.2) is 75.0 Å². The number of hydrogen-bond acceptors (Lipinski definition) is 8. The molecule has 1 saturated heterocycles. The van der Waals surface area contributed by atoms with Crippen LogP contribution in [-0.2, 0) is 27.1 Å². The largest absolute Gasteiger partial charge is 0.438 e. The molecular weight excluding hydrogens is 792 g/mol. The zero-order valence-electron chi connectivity index (χ0n) is 35.8. The predicted molar refractivity (Wildman–Crippen MR) is 228 cm³/mol. The van der Waals surface area contributed by atoms with E-state index in [0.717, 1.165) is 74.6 Å². The van der Waals surface area contributed by atoms with Crippen molar-refractivity contribution in [2.75, 3.05) is 26.9 Å². The Morgan fingerprint density at radius 3 is 2.40 bits per heavy atom. The van der Waals surface area contributed by atoms with Crippen molar-refractivity contribution in [3.8, 4) is 16.9 Å². The van der Waals surface area contributed by atoms with Gasteiger partial charge in [-0.25, -0.2) is 14.0 Å². The van der Waals surface area contributed by atoms with E-state index < -0.39 is 17.3 Å². The number of ether oxygens (including phenoxy) is 2. The Morgan fingerprint density at radius 2 is 1.73 bits per heavy atom. The van der Waals surface area contributed by atoms with Crippen LogP contribution in [0.25, 0.3) is 27.8 Å². The van der Waals surface area contributed by atoms with Crippen molar-refractivity contribution in [1.29, 1.82) is 0 Å². The summed E-state index contributed by atoms with van der Waals surface area (Å²) in [5, 5.41) is 10.2. The van der Waals surface area contributed by atoms with E-state index in [1.807, 2.05) is 39.5 Å². The third-order valence-electron chi connectivity index (χ3n) is 15.3. The maximum Gasteiger partial charge on any atom is 0.438 e. The summed E-state index contributed by atoms with van der Waals surface area (Å²) in [5.41, 5.74) is 3.83. The number of H-pyrrole nitrogens is 1. The van der Waals surface area contributed by atoms with Crippen LogP contribution in [0.3, 0.4) is 0 Å². The molecule has 2 aromatic carbocycles. The fourth-order valence-corrected chi connectivity index (χ4v) is 11.8. The number of aromatic nitrogens is 7. The topological polar surface area (TPSA) is 147 Å². The van der Waals surface area contributed by atoms with Gasteiger partial charge >= 0.3 is 11.4 Å². The molecule has 0 radical (unpaired) electrons. The number of aromatic amines is 1. The number of carbonyl (C=O) groups is 1. The molecule has 4 aromatic heterocycles. The van der Waals surface area contributed by atoms with Crippen molar-refractivity contribution in [2.24, 2.45) is 5.41 Å². The fraction of sp³-hybridized carbons (Fsp3) is 0.511. The molecule has 2 atom stereocenters. The van der Waals surface area contributed by atoms with E-state index in [0.29, 0.717) is 66.9 Å². The van der Waals surface area contributed by atoms with Gasteiger partial charge in [0, 0.05) is 54.7 Å². The van der Waals surface area contributed by atoms with E-state index in [9.17, 15) is 14.0 Å². The monoisotopic (exact) mass is 844 g/mol. The first kappa shape index (κ1) is 39.3. The number of carbonyl (C=O) groups excluding carboxylic acids is 1. The Hall–Kier alpha value is -5.54. The minimum Gasteiger partial charge on any atom is -0.384 e. The Kier molecular flexibility index (Phi) is 8.87. The maximum atomic E-state index is 15.4. The lowest BCUT2D eigenvalue weighted by atomic mass is 9.57. The van der Waals surface area contributed by atoms with E-state index in [-0.39, 0.29) is 34.0 Å². The van der Waals surface area contributed by atoms with Crippen LogP contribution in [0.2, 0.25) is 0 Å². The third-order valence-corrected chi connectivity index (χ3v) is 15.3. The quantitative estimate of drug-likeness (QED) is 0.159. The second kappa shape index (κ2) is 14.0. The highest BCUT2D eigenvalue weighted by molar-refractivity contribution is 6.00. The Bertz CT molecular complexity index is 2830. The number of nitrogens with zero attached hydrogens (tertiary/aromatic N) is 7. The van der Waals surface area contributed by atoms with Gasteiger partial charge in [0.1, 0.15) is 28.4 Å². The summed E-state index contributed by atoms with van der Waals surface area (Å²) in [7, 11) is 1.77. The van der Waals surface area contributed by atoms with E-state index in [1.54, 1.807) is 23.8 Å². The van der Waals surface area contributed by atoms with Crippen LogP contribution in [0.1, 0.15) is 125 Å². The number of amides is 1. The second-order valence-corrected chi connectivity index (χ2v) is 19.4. The molecule has 2 aliphatic heterocycles. The first-order valence-electron chi connectivity index (χ1n) is 22.2. The normalized spacial score (nSPS) is 26.2. The molecule has 0 unspecified atom stereocenters. The summed E-state index contributed by atoms with van der Waals surface area (Å²) < 4.78 is 38.6. The molecule has 15 heteroatoms. The zero-order chi connectivity index (χ0) is 42.8. The van der Waals surface area contributed by atoms with Gasteiger partial charge in [0.15, 0.2) is 5.82 Å². The van der Waals surface area contributed by atoms with Gasteiger partial charge in [-0.2, -0.15) is 5.10 Å². The van der Waals surface area contributed by atoms with E-state index >= 15 is 4.79 Å². The highest BCUT2D eigenvalue weighted by atomic mass is 19.1. The van der Waals surface area contributed by atoms with Gasteiger partial charge in [0.25, 0.3) is 5.91 Å². The standard InChI is InChI=1S/C47H53FN8O6/c1-29-38-39(53-20-22-54(43(53)59)46-15-12-45(13-16-46,14-17-46)28-60-4)37(30-5-8-34(48)9-6-30)50-55(38)23-21-52(29)40(57)36-26-33-25-31(32-11-24-61-44(2,3)27-32)7-10-35(33)56(36)47(18-19-47)41-49-42(58)62-51-41/h5-10,20,22,25-26,29,32H,11-19,21,23-24,27-28H2,1-4H3,(H,49,51,58)/t29-,32+,45?,46?/m0/s1. The molecule has 4 aliphatic carbocycles. The first-order valence-corrected chi connectivity index (χ1v) is 22.2. The van der Waals surface area contributed by atoms with Crippen LogP contribution in [0.4, 0.5) is 4.39 Å². The number of imidazole rings is 1. The SMILES string of the molecule is COCC12CCC(n3ccn(-c4c(-c5ccc(F)cc5)nn5c4[C@H](C)N(C(=O)c4cc6cc([C@@H]7CCOC(C)(C)C7)ccc6n4C4(c6noc(=O)[nH]6)CC4)CC5)c3=O)(CC1)CC2. The number of fused-ring (bicyclic) bond motifs is 5. The van der Waals surface area contributed by atoms with Crippen LogP contribution >= 0.6 is 0 Å². The van der Waals surface area contributed by atoms with Gasteiger partial charge in [-0.1, -0.05) is 11.2 Å². The zero-order valence-corrected chi connectivity index (χ0v) is 35.8. The molecule has 5 fully saturated rings. The van der Waals surface area contributed by atoms with Gasteiger partial charge in [0.2, 0.25) is 0 Å². The summed E-state index contributed by atoms with van der Waals surface area (Å²) in [6.45, 7) is 8.41. The lowest BCUT2D eigenvalue weighted by Crippen LogP contribution is -2.52. The Labute approximate surface area is 357 Å². The van der Waals surface area contributed by atoms with Gasteiger partial charge in [-0.3, -0.25) is 28.1 Å². The van der Waals surface area contributed by atoms with Crippen LogP contribution in [0.5, 0.6) is 0 Å². The molecular formula is C47H53FN8O6. The van der Waals surface area contributed by atoms with Gasteiger partial charge in [-0.05, 0) is 144 Å². The molecule has 62 heavy (non-hydrogen) atoms. The summed E-state index contributed by atoms with van der Waals surface area (Å²) in [6, 6.07) is 14.1. The number of halogens is 1. The molecule has 0 spiro atoms. The second-order valence-electron chi connectivity index (χ2n) is 19.4. The smallest absolute Gasteiger partial charge is 0.384 e. The highest BCUT2D eigenvalue weighted by Crippen LogP contribution is 2.56. The van der Waals surface area contributed by atoms with E-state index in [2.05, 4.69) is 46.8 Å². The summed E-state index contributed by atoms with van der Waals surface area (Å²) >= 11 is 0. The third kappa shape index (κ3) is 6.05. The summed E-state index contributed by atoms with van der Waals surface area (Å²) in [5.74, 6) is -0.495. The van der Waals surface area contributed by atoms with Crippen LogP contribution in [0, 0.1) is 11.2 Å². The molecule has 4 saturated carbocycles. The highest BCUT2D eigenvalue weighted by Gasteiger charge is 2.53. The minimum absolute atomic E-state index is 0.151. The number of nitrogens with one attached hydrogen (secondary N) is 1. The molecule has 324 valence electrons. The van der Waals surface area contributed by atoms with E-state index in [1.165, 1.54) is 17.7 Å². The molecule has 1 amide bonds. The number of hydrogen-bond donors (Lipinski definition) is 1. The lowest BCUT2D eigenvalue weighted by molar-refractivity contribution is -0.0592. The minimum atomic E-state index is -0.764. The fourth-order valence-electron chi connectivity index (χ4n) is 11.8. The van der Waals surface area contributed by atoms with E-state index in [4.69, 9.17) is 19.1 Å². The van der Waals surface area contributed by atoms with Gasteiger partial charge < -0.3 is 18.9 Å². The van der Waals surface area contributed by atoms with Crippen molar-refractivity contribution in [1.82, 2.24) is 38.5 Å². The molecule has 6 aromatic rings. The average molecular weight is 845 g/mol. The summed E-state index contributed by atoms with van der Waals surface area (Å²) in [6.07, 6.45) is 12.6.